The molecule has 0 aromatic rings. The standard InChI is InChI=1S/C8H13NO4/c1-4-13-8(11)9-7(10)6(2)5-12-3/h5H,4H2,1-3H3,(H,9,10,11). The van der Waals surface area contributed by atoms with E-state index in [0.717, 1.165) is 0 Å². The predicted molar refractivity (Wildman–Crippen MR) is 45.9 cm³/mol. The monoisotopic (exact) mass is 187 g/mol. The van der Waals surface area contributed by atoms with Gasteiger partial charge in [-0.2, -0.15) is 0 Å². The molecule has 0 rings (SSSR count). The zero-order valence-corrected chi connectivity index (χ0v) is 7.92. The van der Waals surface area contributed by atoms with E-state index in [4.69, 9.17) is 0 Å². The van der Waals surface area contributed by atoms with E-state index in [2.05, 4.69) is 9.47 Å². The van der Waals surface area contributed by atoms with Crippen LogP contribution < -0.4 is 5.32 Å². The van der Waals surface area contributed by atoms with Gasteiger partial charge in [0.05, 0.1) is 20.0 Å². The van der Waals surface area contributed by atoms with Crippen molar-refractivity contribution >= 4 is 12.0 Å². The number of imide groups is 1. The molecule has 0 aliphatic rings. The first-order valence-electron chi connectivity index (χ1n) is 3.79. The van der Waals surface area contributed by atoms with Crippen molar-refractivity contribution in [3.63, 3.8) is 0 Å². The maximum Gasteiger partial charge on any atom is 0.414 e. The van der Waals surface area contributed by atoms with E-state index in [1.54, 1.807) is 6.92 Å². The fourth-order valence-electron chi connectivity index (χ4n) is 0.589. The van der Waals surface area contributed by atoms with Crippen molar-refractivity contribution in [1.82, 2.24) is 5.32 Å². The van der Waals surface area contributed by atoms with Crippen LogP contribution in [0.2, 0.25) is 0 Å². The quantitative estimate of drug-likeness (QED) is 0.524. The van der Waals surface area contributed by atoms with Crippen molar-refractivity contribution < 1.29 is 19.1 Å². The molecule has 0 spiro atoms. The van der Waals surface area contributed by atoms with E-state index in [1.165, 1.54) is 20.3 Å². The Balaban J connectivity index is 4.00. The van der Waals surface area contributed by atoms with E-state index in [0.29, 0.717) is 5.57 Å². The molecule has 0 aliphatic heterocycles. The first-order chi connectivity index (χ1) is 6.11. The van der Waals surface area contributed by atoms with Crippen LogP contribution in [0, 0.1) is 0 Å². The third kappa shape index (κ3) is 4.84. The third-order valence-corrected chi connectivity index (χ3v) is 1.14. The lowest BCUT2D eigenvalue weighted by atomic mass is 10.3. The minimum atomic E-state index is -0.753. The summed E-state index contributed by atoms with van der Waals surface area (Å²) >= 11 is 0. The molecular formula is C8H13NO4. The molecule has 5 nitrogen and oxygen atoms in total. The smallest absolute Gasteiger partial charge is 0.414 e. The molecule has 0 aliphatic carbocycles. The highest BCUT2D eigenvalue weighted by molar-refractivity contribution is 6.01. The second-order valence-electron chi connectivity index (χ2n) is 2.21. The van der Waals surface area contributed by atoms with Gasteiger partial charge < -0.3 is 9.47 Å². The summed E-state index contributed by atoms with van der Waals surface area (Å²) in [5, 5.41) is 2.02. The van der Waals surface area contributed by atoms with Gasteiger partial charge in [-0.25, -0.2) is 4.79 Å². The number of hydrogen-bond acceptors (Lipinski definition) is 4. The van der Waals surface area contributed by atoms with Gasteiger partial charge in [0.1, 0.15) is 0 Å². The Morgan fingerprint density at radius 1 is 1.46 bits per heavy atom. The van der Waals surface area contributed by atoms with E-state index < -0.39 is 12.0 Å². The van der Waals surface area contributed by atoms with E-state index in [9.17, 15) is 9.59 Å². The van der Waals surface area contributed by atoms with Gasteiger partial charge in [-0.3, -0.25) is 10.1 Å². The Labute approximate surface area is 76.7 Å². The van der Waals surface area contributed by atoms with Crippen molar-refractivity contribution in [2.45, 2.75) is 13.8 Å². The Kier molecular flexibility index (Phi) is 5.34. The number of rotatable bonds is 3. The lowest BCUT2D eigenvalue weighted by molar-refractivity contribution is -0.116. The molecule has 0 unspecified atom stereocenters. The maximum atomic E-state index is 11.1. The molecule has 0 bridgehead atoms. The van der Waals surface area contributed by atoms with Crippen molar-refractivity contribution in [3.05, 3.63) is 11.8 Å². The highest BCUT2D eigenvalue weighted by Gasteiger charge is 2.09. The normalized spacial score (nSPS) is 10.5. The molecule has 74 valence electrons. The molecule has 2 amide bonds. The number of carbonyl (C=O) groups excluding carboxylic acids is 2. The van der Waals surface area contributed by atoms with Crippen molar-refractivity contribution in [2.24, 2.45) is 0 Å². The average Bonchev–Trinajstić information content (AvgIpc) is 2.05. The Morgan fingerprint density at radius 3 is 2.54 bits per heavy atom. The summed E-state index contributed by atoms with van der Waals surface area (Å²) in [6.07, 6.45) is 0.491. The molecule has 0 fully saturated rings. The summed E-state index contributed by atoms with van der Waals surface area (Å²) in [4.78, 5) is 21.8. The summed E-state index contributed by atoms with van der Waals surface area (Å²) in [5.74, 6) is -0.528. The third-order valence-electron chi connectivity index (χ3n) is 1.14. The number of ether oxygens (including phenoxy) is 2. The summed E-state index contributed by atoms with van der Waals surface area (Å²) in [6, 6.07) is 0. The Hall–Kier alpha value is -1.52. The topological polar surface area (TPSA) is 64.6 Å². The molecule has 5 heteroatoms. The molecule has 0 atom stereocenters. The van der Waals surface area contributed by atoms with Crippen LogP contribution in [0.3, 0.4) is 0 Å². The maximum absolute atomic E-state index is 11.1. The SMILES string of the molecule is CCOC(=O)NC(=O)C(C)=COC. The lowest BCUT2D eigenvalue weighted by Gasteiger charge is -2.03. The van der Waals surface area contributed by atoms with Gasteiger partial charge in [-0.1, -0.05) is 0 Å². The van der Waals surface area contributed by atoms with Crippen LogP contribution in [0.25, 0.3) is 0 Å². The second-order valence-corrected chi connectivity index (χ2v) is 2.21. The first kappa shape index (κ1) is 11.5. The largest absolute Gasteiger partial charge is 0.504 e. The van der Waals surface area contributed by atoms with Gasteiger partial charge in [0.25, 0.3) is 5.91 Å². The number of nitrogens with one attached hydrogen (secondary N) is 1. The Morgan fingerprint density at radius 2 is 2.08 bits per heavy atom. The number of methoxy groups -OCH3 is 1. The van der Waals surface area contributed by atoms with Crippen LogP contribution in [0.1, 0.15) is 13.8 Å². The second kappa shape index (κ2) is 6.05. The molecule has 0 saturated carbocycles. The molecule has 13 heavy (non-hydrogen) atoms. The van der Waals surface area contributed by atoms with Crippen LogP contribution in [0.5, 0.6) is 0 Å². The first-order valence-corrected chi connectivity index (χ1v) is 3.79. The van der Waals surface area contributed by atoms with Gasteiger partial charge in [0.2, 0.25) is 0 Å². The van der Waals surface area contributed by atoms with Crippen LogP contribution in [0.4, 0.5) is 4.79 Å². The molecule has 0 aromatic heterocycles. The zero-order valence-electron chi connectivity index (χ0n) is 7.92. The minimum absolute atomic E-state index is 0.228. The van der Waals surface area contributed by atoms with E-state index >= 15 is 0 Å². The molecule has 1 N–H and O–H groups in total. The summed E-state index contributed by atoms with van der Waals surface area (Å²) in [6.45, 7) is 3.41. The number of amides is 2. The minimum Gasteiger partial charge on any atom is -0.504 e. The molecule has 0 radical (unpaired) electrons. The van der Waals surface area contributed by atoms with Gasteiger partial charge in [-0.15, -0.1) is 0 Å². The number of alkyl carbamates (subject to hydrolysis) is 1. The van der Waals surface area contributed by atoms with Gasteiger partial charge in [0.15, 0.2) is 0 Å². The number of hydrogen-bond donors (Lipinski definition) is 1. The average molecular weight is 187 g/mol. The van der Waals surface area contributed by atoms with Gasteiger partial charge in [0, 0.05) is 5.57 Å². The Bertz CT molecular complexity index is 222. The fourth-order valence-corrected chi connectivity index (χ4v) is 0.589. The van der Waals surface area contributed by atoms with Crippen LogP contribution >= 0.6 is 0 Å². The highest BCUT2D eigenvalue weighted by atomic mass is 16.5. The van der Waals surface area contributed by atoms with Crippen LogP contribution in [0.15, 0.2) is 11.8 Å². The van der Waals surface area contributed by atoms with E-state index in [1.807, 2.05) is 5.32 Å². The van der Waals surface area contributed by atoms with Crippen LogP contribution in [-0.2, 0) is 14.3 Å². The molecule has 0 saturated heterocycles. The lowest BCUT2D eigenvalue weighted by Crippen LogP contribution is -2.31. The summed E-state index contributed by atoms with van der Waals surface area (Å²) in [5.41, 5.74) is 0.301. The van der Waals surface area contributed by atoms with Crippen molar-refractivity contribution in [2.75, 3.05) is 13.7 Å². The van der Waals surface area contributed by atoms with E-state index in [-0.39, 0.29) is 6.61 Å². The highest BCUT2D eigenvalue weighted by Crippen LogP contribution is 1.92. The molecular weight excluding hydrogens is 174 g/mol. The number of carbonyl (C=O) groups is 2. The van der Waals surface area contributed by atoms with Gasteiger partial charge in [-0.05, 0) is 13.8 Å². The molecule has 0 aromatic carbocycles. The van der Waals surface area contributed by atoms with Crippen LogP contribution in [-0.4, -0.2) is 25.7 Å². The van der Waals surface area contributed by atoms with Gasteiger partial charge >= 0.3 is 6.09 Å². The zero-order chi connectivity index (χ0) is 10.3. The van der Waals surface area contributed by atoms with Crippen molar-refractivity contribution in [3.8, 4) is 0 Å². The predicted octanol–water partition coefficient (Wildman–Crippen LogP) is 0.809. The summed E-state index contributed by atoms with van der Waals surface area (Å²) < 4.78 is 9.09. The summed E-state index contributed by atoms with van der Waals surface area (Å²) in [7, 11) is 1.42. The van der Waals surface area contributed by atoms with Crippen molar-refractivity contribution in [1.29, 1.82) is 0 Å². The fraction of sp³-hybridized carbons (Fsp3) is 0.500. The molecule has 0 heterocycles.